The van der Waals surface area contributed by atoms with Gasteiger partial charge in [-0.3, -0.25) is 4.79 Å². The Morgan fingerprint density at radius 2 is 1.38 bits per heavy atom. The van der Waals surface area contributed by atoms with Gasteiger partial charge in [0.1, 0.15) is 5.78 Å². The van der Waals surface area contributed by atoms with Crippen molar-refractivity contribution in [3.63, 3.8) is 0 Å². The zero-order chi connectivity index (χ0) is 17.7. The third kappa shape index (κ3) is 2.13. The van der Waals surface area contributed by atoms with E-state index in [4.69, 9.17) is 0 Å². The van der Waals surface area contributed by atoms with E-state index in [1.54, 1.807) is 0 Å². The molecule has 26 heavy (non-hydrogen) atoms. The van der Waals surface area contributed by atoms with Crippen molar-refractivity contribution < 1.29 is 4.79 Å². The predicted octanol–water partition coefficient (Wildman–Crippen LogP) is 6.65. The molecule has 0 aliphatic carbocycles. The maximum absolute atomic E-state index is 12.0. The van der Waals surface area contributed by atoms with Crippen molar-refractivity contribution in [3.8, 4) is 0 Å². The molecule has 0 radical (unpaired) electrons. The average molecular weight is 336 g/mol. The van der Waals surface area contributed by atoms with Crippen molar-refractivity contribution in [2.24, 2.45) is 0 Å². The highest BCUT2D eigenvalue weighted by molar-refractivity contribution is 6.30. The van der Waals surface area contributed by atoms with E-state index in [0.29, 0.717) is 18.6 Å². The van der Waals surface area contributed by atoms with Gasteiger partial charge in [0.15, 0.2) is 0 Å². The lowest BCUT2D eigenvalue weighted by Crippen LogP contribution is -2.00. The molecule has 0 aliphatic heterocycles. The van der Waals surface area contributed by atoms with Crippen LogP contribution in [-0.2, 0) is 11.2 Å². The predicted molar refractivity (Wildman–Crippen MR) is 111 cm³/mol. The molecule has 0 unspecified atom stereocenters. The quantitative estimate of drug-likeness (QED) is 0.265. The van der Waals surface area contributed by atoms with Crippen LogP contribution in [0.5, 0.6) is 0 Å². The first-order valence-corrected chi connectivity index (χ1v) is 9.36. The SMILES string of the molecule is CCC(=O)CCc1c2ccccc2c2ccc3cccc4ccc1c2c43. The molecule has 5 aromatic rings. The highest BCUT2D eigenvalue weighted by Gasteiger charge is 2.15. The number of fused-ring (bicyclic) bond motifs is 2. The lowest BCUT2D eigenvalue weighted by Gasteiger charge is -2.17. The van der Waals surface area contributed by atoms with Gasteiger partial charge in [-0.05, 0) is 55.1 Å². The second kappa shape index (κ2) is 5.81. The molecule has 0 saturated heterocycles. The summed E-state index contributed by atoms with van der Waals surface area (Å²) in [4.78, 5) is 12.0. The summed E-state index contributed by atoms with van der Waals surface area (Å²) in [7, 11) is 0. The van der Waals surface area contributed by atoms with Gasteiger partial charge < -0.3 is 0 Å². The minimum absolute atomic E-state index is 0.333. The summed E-state index contributed by atoms with van der Waals surface area (Å²) in [6.07, 6.45) is 2.04. The molecule has 1 heteroatoms. The molecule has 0 atom stereocenters. The number of Topliss-reactive ketones (excluding diaryl/α,β-unsaturated/α-hetero) is 1. The second-order valence-corrected chi connectivity index (χ2v) is 7.10. The van der Waals surface area contributed by atoms with Crippen LogP contribution in [0.1, 0.15) is 25.3 Å². The van der Waals surface area contributed by atoms with E-state index in [2.05, 4.69) is 66.7 Å². The van der Waals surface area contributed by atoms with E-state index < -0.39 is 0 Å². The van der Waals surface area contributed by atoms with Crippen LogP contribution in [0.3, 0.4) is 0 Å². The maximum Gasteiger partial charge on any atom is 0.132 e. The van der Waals surface area contributed by atoms with Crippen LogP contribution >= 0.6 is 0 Å². The number of aryl methyl sites for hydroxylation is 1. The van der Waals surface area contributed by atoms with Gasteiger partial charge in [0.2, 0.25) is 0 Å². The van der Waals surface area contributed by atoms with Crippen molar-refractivity contribution in [3.05, 3.63) is 72.3 Å². The highest BCUT2D eigenvalue weighted by Crippen LogP contribution is 2.41. The topological polar surface area (TPSA) is 17.1 Å². The number of ketones is 1. The van der Waals surface area contributed by atoms with Crippen molar-refractivity contribution in [1.29, 1.82) is 0 Å². The van der Waals surface area contributed by atoms with Crippen molar-refractivity contribution in [2.75, 3.05) is 0 Å². The van der Waals surface area contributed by atoms with Gasteiger partial charge in [-0.1, -0.05) is 73.7 Å². The molecule has 0 N–H and O–H groups in total. The highest BCUT2D eigenvalue weighted by atomic mass is 16.1. The van der Waals surface area contributed by atoms with Gasteiger partial charge in [-0.15, -0.1) is 0 Å². The Morgan fingerprint density at radius 3 is 2.12 bits per heavy atom. The van der Waals surface area contributed by atoms with Crippen molar-refractivity contribution in [2.45, 2.75) is 26.2 Å². The molecule has 5 rings (SSSR count). The van der Waals surface area contributed by atoms with Crippen LogP contribution < -0.4 is 0 Å². The first kappa shape index (κ1) is 15.3. The van der Waals surface area contributed by atoms with Gasteiger partial charge in [0, 0.05) is 12.8 Å². The fourth-order valence-electron chi connectivity index (χ4n) is 4.40. The molecule has 0 bridgehead atoms. The monoisotopic (exact) mass is 336 g/mol. The van der Waals surface area contributed by atoms with E-state index in [9.17, 15) is 4.79 Å². The van der Waals surface area contributed by atoms with Crippen LogP contribution in [-0.4, -0.2) is 5.78 Å². The van der Waals surface area contributed by atoms with Crippen LogP contribution in [0.15, 0.2) is 66.7 Å². The summed E-state index contributed by atoms with van der Waals surface area (Å²) in [5.41, 5.74) is 1.31. The molecular weight excluding hydrogens is 316 g/mol. The van der Waals surface area contributed by atoms with Gasteiger partial charge in [-0.2, -0.15) is 0 Å². The minimum atomic E-state index is 0.333. The number of benzene rings is 5. The number of hydrogen-bond acceptors (Lipinski definition) is 1. The Labute approximate surface area is 152 Å². The fourth-order valence-corrected chi connectivity index (χ4v) is 4.40. The van der Waals surface area contributed by atoms with Crippen molar-refractivity contribution in [1.82, 2.24) is 0 Å². The Balaban J connectivity index is 1.95. The first-order valence-electron chi connectivity index (χ1n) is 9.36. The molecule has 0 fully saturated rings. The van der Waals surface area contributed by atoms with E-state index in [-0.39, 0.29) is 0 Å². The lowest BCUT2D eigenvalue weighted by molar-refractivity contribution is -0.118. The average Bonchev–Trinajstić information content (AvgIpc) is 2.70. The van der Waals surface area contributed by atoms with Gasteiger partial charge in [0.25, 0.3) is 0 Å². The molecule has 5 aromatic carbocycles. The largest absolute Gasteiger partial charge is 0.300 e. The normalized spacial score (nSPS) is 11.9. The lowest BCUT2D eigenvalue weighted by atomic mass is 9.86. The number of carbonyl (C=O) groups excluding carboxylic acids is 1. The summed E-state index contributed by atoms with van der Waals surface area (Å²) < 4.78 is 0. The summed E-state index contributed by atoms with van der Waals surface area (Å²) in [6.45, 7) is 1.95. The van der Waals surface area contributed by atoms with Crippen LogP contribution in [0.4, 0.5) is 0 Å². The minimum Gasteiger partial charge on any atom is -0.300 e. The zero-order valence-corrected chi connectivity index (χ0v) is 14.9. The van der Waals surface area contributed by atoms with Crippen LogP contribution in [0, 0.1) is 0 Å². The smallest absolute Gasteiger partial charge is 0.132 e. The molecule has 0 heterocycles. The van der Waals surface area contributed by atoms with E-state index in [1.165, 1.54) is 48.7 Å². The number of rotatable bonds is 4. The van der Waals surface area contributed by atoms with E-state index in [1.807, 2.05) is 6.92 Å². The Bertz CT molecular complexity index is 1260. The maximum atomic E-state index is 12.0. The number of hydrogen-bond donors (Lipinski definition) is 0. The third-order valence-corrected chi connectivity index (χ3v) is 5.69. The standard InChI is InChI=1S/C25H20O/c1-2-18(26)12-15-21-19-8-3-4-9-20(19)22-13-10-16-6-5-7-17-11-14-23(21)25(22)24(16)17/h3-11,13-14H,2,12,15H2,1H3. The zero-order valence-electron chi connectivity index (χ0n) is 14.9. The molecule has 0 amide bonds. The Morgan fingerprint density at radius 1 is 0.692 bits per heavy atom. The van der Waals surface area contributed by atoms with E-state index in [0.717, 1.165) is 6.42 Å². The van der Waals surface area contributed by atoms with E-state index >= 15 is 0 Å². The molecule has 126 valence electrons. The van der Waals surface area contributed by atoms with Crippen LogP contribution in [0.25, 0.3) is 43.1 Å². The first-order chi connectivity index (χ1) is 12.8. The Kier molecular flexibility index (Phi) is 3.43. The summed E-state index contributed by atoms with van der Waals surface area (Å²) >= 11 is 0. The summed E-state index contributed by atoms with van der Waals surface area (Å²) in [5.74, 6) is 0.333. The fraction of sp³-hybridized carbons (Fsp3) is 0.160. The Hall–Kier alpha value is -2.93. The van der Waals surface area contributed by atoms with Gasteiger partial charge >= 0.3 is 0 Å². The second-order valence-electron chi connectivity index (χ2n) is 7.10. The molecule has 0 aliphatic rings. The van der Waals surface area contributed by atoms with Crippen LogP contribution in [0.2, 0.25) is 0 Å². The van der Waals surface area contributed by atoms with Crippen molar-refractivity contribution >= 4 is 48.9 Å². The summed E-state index contributed by atoms with van der Waals surface area (Å²) in [6, 6.07) is 24.1. The molecule has 0 aromatic heterocycles. The molecule has 0 saturated carbocycles. The van der Waals surface area contributed by atoms with Gasteiger partial charge in [0.05, 0.1) is 0 Å². The van der Waals surface area contributed by atoms with Gasteiger partial charge in [-0.25, -0.2) is 0 Å². The summed E-state index contributed by atoms with van der Waals surface area (Å²) in [5, 5.41) is 10.4. The molecule has 0 spiro atoms. The molecular formula is C25H20O. The molecule has 1 nitrogen and oxygen atoms in total. The number of carbonyl (C=O) groups is 1. The third-order valence-electron chi connectivity index (χ3n) is 5.69.